The lowest BCUT2D eigenvalue weighted by Gasteiger charge is -2.09. The van der Waals surface area contributed by atoms with Crippen molar-refractivity contribution in [3.05, 3.63) is 58.1 Å². The molecule has 0 fully saturated rings. The molecule has 0 aliphatic carbocycles. The van der Waals surface area contributed by atoms with Crippen LogP contribution in [0.25, 0.3) is 0 Å². The third-order valence-electron chi connectivity index (χ3n) is 2.21. The van der Waals surface area contributed by atoms with Gasteiger partial charge in [-0.25, -0.2) is 4.79 Å². The molecule has 0 saturated carbocycles. The second-order valence-corrected chi connectivity index (χ2v) is 4.39. The highest BCUT2D eigenvalue weighted by Crippen LogP contribution is 2.27. The molecule has 6 heteroatoms. The Bertz CT molecular complexity index is 613. The Kier molecular flexibility index (Phi) is 4.14. The van der Waals surface area contributed by atoms with Crippen molar-refractivity contribution in [2.75, 3.05) is 0 Å². The van der Waals surface area contributed by atoms with Crippen LogP contribution in [0.1, 0.15) is 10.4 Å². The van der Waals surface area contributed by atoms with Gasteiger partial charge in [-0.2, -0.15) is 0 Å². The van der Waals surface area contributed by atoms with Crippen LogP contribution in [0, 0.1) is 0 Å². The Labute approximate surface area is 119 Å². The summed E-state index contributed by atoms with van der Waals surface area (Å²) < 4.78 is 0. The van der Waals surface area contributed by atoms with Crippen molar-refractivity contribution in [1.82, 2.24) is 0 Å². The van der Waals surface area contributed by atoms with Gasteiger partial charge in [0.05, 0.1) is 5.02 Å². The summed E-state index contributed by atoms with van der Waals surface area (Å²) >= 11 is 11.6. The van der Waals surface area contributed by atoms with Gasteiger partial charge < -0.3 is 5.11 Å². The fourth-order valence-corrected chi connectivity index (χ4v) is 1.82. The topological polar surface area (TPSA) is 55.8 Å². The first-order chi connectivity index (χ1) is 9.08. The second kappa shape index (κ2) is 5.82. The standard InChI is InChI=1S/C13H8Cl2O4/c14-8-3-1-4-9(7-8)18-19-11-6-2-5-10(15)12(11)13(16)17/h1-7H,(H,16,17). The SMILES string of the molecule is O=C(O)c1c(Cl)cccc1OOc1cccc(Cl)c1. The number of carboxylic acids is 1. The summed E-state index contributed by atoms with van der Waals surface area (Å²) in [6, 6.07) is 11.0. The number of halogens is 2. The molecule has 98 valence electrons. The highest BCUT2D eigenvalue weighted by Gasteiger charge is 2.16. The summed E-state index contributed by atoms with van der Waals surface area (Å²) in [7, 11) is 0. The van der Waals surface area contributed by atoms with Crippen molar-refractivity contribution in [2.45, 2.75) is 0 Å². The third-order valence-corrected chi connectivity index (χ3v) is 2.76. The number of hydrogen-bond donors (Lipinski definition) is 1. The summed E-state index contributed by atoms with van der Waals surface area (Å²) in [4.78, 5) is 21.1. The zero-order valence-electron chi connectivity index (χ0n) is 9.47. The minimum Gasteiger partial charge on any atom is -0.477 e. The quantitative estimate of drug-likeness (QED) is 0.683. The Morgan fingerprint density at radius 3 is 2.47 bits per heavy atom. The van der Waals surface area contributed by atoms with Gasteiger partial charge in [0.1, 0.15) is 5.56 Å². The molecule has 0 aliphatic rings. The van der Waals surface area contributed by atoms with Gasteiger partial charge in [0, 0.05) is 11.1 Å². The van der Waals surface area contributed by atoms with Crippen molar-refractivity contribution in [3.8, 4) is 11.5 Å². The first kappa shape index (κ1) is 13.5. The van der Waals surface area contributed by atoms with Gasteiger partial charge in [-0.05, 0) is 24.3 Å². The molecule has 0 radical (unpaired) electrons. The fourth-order valence-electron chi connectivity index (χ4n) is 1.39. The predicted octanol–water partition coefficient (Wildman–Crippen LogP) is 4.06. The fraction of sp³-hybridized carbons (Fsp3) is 0. The van der Waals surface area contributed by atoms with Gasteiger partial charge in [0.15, 0.2) is 11.5 Å². The molecule has 0 amide bonds. The maximum absolute atomic E-state index is 11.1. The first-order valence-corrected chi connectivity index (χ1v) is 5.95. The van der Waals surface area contributed by atoms with E-state index in [1.54, 1.807) is 24.3 Å². The van der Waals surface area contributed by atoms with E-state index in [2.05, 4.69) is 0 Å². The molecule has 0 atom stereocenters. The number of aromatic carboxylic acids is 1. The van der Waals surface area contributed by atoms with E-state index >= 15 is 0 Å². The average Bonchev–Trinajstić information content (AvgIpc) is 2.36. The number of benzene rings is 2. The van der Waals surface area contributed by atoms with Crippen LogP contribution in [0.3, 0.4) is 0 Å². The molecule has 2 aromatic carbocycles. The van der Waals surface area contributed by atoms with E-state index in [9.17, 15) is 4.79 Å². The highest BCUT2D eigenvalue weighted by atomic mass is 35.5. The van der Waals surface area contributed by atoms with Gasteiger partial charge >= 0.3 is 5.97 Å². The maximum atomic E-state index is 11.1. The lowest BCUT2D eigenvalue weighted by molar-refractivity contribution is -0.100. The van der Waals surface area contributed by atoms with Gasteiger partial charge in [-0.3, -0.25) is 9.78 Å². The Morgan fingerprint density at radius 2 is 1.79 bits per heavy atom. The molecule has 19 heavy (non-hydrogen) atoms. The summed E-state index contributed by atoms with van der Waals surface area (Å²) in [5, 5.41) is 9.59. The monoisotopic (exact) mass is 298 g/mol. The maximum Gasteiger partial charge on any atom is 0.341 e. The molecule has 0 heterocycles. The van der Waals surface area contributed by atoms with Crippen molar-refractivity contribution in [3.63, 3.8) is 0 Å². The minimum atomic E-state index is -1.20. The molecule has 0 unspecified atom stereocenters. The second-order valence-electron chi connectivity index (χ2n) is 3.54. The summed E-state index contributed by atoms with van der Waals surface area (Å²) in [6.07, 6.45) is 0. The summed E-state index contributed by atoms with van der Waals surface area (Å²) in [6.45, 7) is 0. The smallest absolute Gasteiger partial charge is 0.341 e. The van der Waals surface area contributed by atoms with Crippen LogP contribution in [0.2, 0.25) is 10.0 Å². The van der Waals surface area contributed by atoms with E-state index in [1.807, 2.05) is 0 Å². The van der Waals surface area contributed by atoms with Crippen molar-refractivity contribution < 1.29 is 19.7 Å². The van der Waals surface area contributed by atoms with Crippen molar-refractivity contribution in [2.24, 2.45) is 0 Å². The van der Waals surface area contributed by atoms with Gasteiger partial charge in [-0.1, -0.05) is 35.3 Å². The molecule has 0 saturated heterocycles. The highest BCUT2D eigenvalue weighted by molar-refractivity contribution is 6.33. The number of carbonyl (C=O) groups is 1. The zero-order chi connectivity index (χ0) is 13.8. The third kappa shape index (κ3) is 3.30. The molecule has 0 spiro atoms. The number of carboxylic acid groups (broad SMARTS) is 1. The normalized spacial score (nSPS) is 10.0. The molecule has 2 rings (SSSR count). The van der Waals surface area contributed by atoms with E-state index in [0.29, 0.717) is 10.8 Å². The van der Waals surface area contributed by atoms with E-state index in [-0.39, 0.29) is 16.3 Å². The van der Waals surface area contributed by atoms with E-state index < -0.39 is 5.97 Å². The van der Waals surface area contributed by atoms with Crippen LogP contribution in [0.5, 0.6) is 11.5 Å². The molecule has 1 N–H and O–H groups in total. The molecule has 0 aromatic heterocycles. The van der Waals surface area contributed by atoms with Gasteiger partial charge in [-0.15, -0.1) is 0 Å². The van der Waals surface area contributed by atoms with Crippen LogP contribution in [-0.2, 0) is 0 Å². The molecule has 0 bridgehead atoms. The number of rotatable bonds is 4. The van der Waals surface area contributed by atoms with Gasteiger partial charge in [0.25, 0.3) is 0 Å². The van der Waals surface area contributed by atoms with E-state index in [4.69, 9.17) is 38.1 Å². The Balaban J connectivity index is 2.20. The van der Waals surface area contributed by atoms with Crippen LogP contribution in [-0.4, -0.2) is 11.1 Å². The molecule has 4 nitrogen and oxygen atoms in total. The zero-order valence-corrected chi connectivity index (χ0v) is 11.0. The summed E-state index contributed by atoms with van der Waals surface area (Å²) in [5.74, 6) is -0.834. The van der Waals surface area contributed by atoms with Crippen LogP contribution in [0.15, 0.2) is 42.5 Å². The molecular weight excluding hydrogens is 291 g/mol. The summed E-state index contributed by atoms with van der Waals surface area (Å²) in [5.41, 5.74) is -0.161. The van der Waals surface area contributed by atoms with Crippen molar-refractivity contribution in [1.29, 1.82) is 0 Å². The van der Waals surface area contributed by atoms with Gasteiger partial charge in [0.2, 0.25) is 0 Å². The Hall–Kier alpha value is -1.91. The van der Waals surface area contributed by atoms with E-state index in [1.165, 1.54) is 18.2 Å². The largest absolute Gasteiger partial charge is 0.477 e. The lowest BCUT2D eigenvalue weighted by Crippen LogP contribution is -2.07. The van der Waals surface area contributed by atoms with Crippen LogP contribution >= 0.6 is 23.2 Å². The predicted molar refractivity (Wildman–Crippen MR) is 71.1 cm³/mol. The van der Waals surface area contributed by atoms with Crippen molar-refractivity contribution >= 4 is 29.2 Å². The minimum absolute atomic E-state index is 0.0139. The van der Waals surface area contributed by atoms with Crippen LogP contribution < -0.4 is 9.78 Å². The lowest BCUT2D eigenvalue weighted by atomic mass is 10.2. The molecular formula is C13H8Cl2O4. The molecule has 2 aromatic rings. The Morgan fingerprint density at radius 1 is 1.05 bits per heavy atom. The number of hydrogen-bond acceptors (Lipinski definition) is 3. The van der Waals surface area contributed by atoms with E-state index in [0.717, 1.165) is 0 Å². The van der Waals surface area contributed by atoms with Crippen LogP contribution in [0.4, 0.5) is 0 Å². The average molecular weight is 299 g/mol. The first-order valence-electron chi connectivity index (χ1n) is 5.20. The molecule has 0 aliphatic heterocycles.